The normalized spacial score (nSPS) is 12.1. The van der Waals surface area contributed by atoms with E-state index in [-0.39, 0.29) is 0 Å². The number of nitrogens with zero attached hydrogens (tertiary/aromatic N) is 1. The van der Waals surface area contributed by atoms with Crippen LogP contribution < -0.4 is 0 Å². The first kappa shape index (κ1) is 13.3. The summed E-state index contributed by atoms with van der Waals surface area (Å²) in [7, 11) is 0. The first-order valence-corrected chi connectivity index (χ1v) is 6.44. The van der Waals surface area contributed by atoms with Gasteiger partial charge in [-0.15, -0.1) is 0 Å². The van der Waals surface area contributed by atoms with E-state index >= 15 is 0 Å². The summed E-state index contributed by atoms with van der Waals surface area (Å²) in [5.41, 5.74) is 2.74. The Morgan fingerprint density at radius 2 is 1.95 bits per heavy atom. The van der Waals surface area contributed by atoms with E-state index < -0.39 is 11.9 Å². The summed E-state index contributed by atoms with van der Waals surface area (Å²) in [5, 5.41) is 9.43. The lowest BCUT2D eigenvalue weighted by atomic mass is 9.91. The number of rotatable bonds is 5. The van der Waals surface area contributed by atoms with Gasteiger partial charge >= 0.3 is 5.97 Å². The van der Waals surface area contributed by atoms with Crippen molar-refractivity contribution in [3.05, 3.63) is 65.5 Å². The third-order valence-corrected chi connectivity index (χ3v) is 3.12. The number of pyridine rings is 1. The standard InChI is InChI=1S/C16H17NO2/c1-2-4-12-6-8-13(9-7-12)15(16(18)19)14-5-3-10-17-11-14/h3,5-11,15H,2,4H2,1H3,(H,18,19). The second-order valence-electron chi connectivity index (χ2n) is 4.55. The zero-order chi connectivity index (χ0) is 13.7. The van der Waals surface area contributed by atoms with Crippen LogP contribution >= 0.6 is 0 Å². The van der Waals surface area contributed by atoms with Gasteiger partial charge in [0.15, 0.2) is 0 Å². The summed E-state index contributed by atoms with van der Waals surface area (Å²) in [6.45, 7) is 2.13. The molecule has 0 amide bonds. The van der Waals surface area contributed by atoms with Crippen LogP contribution in [0.25, 0.3) is 0 Å². The van der Waals surface area contributed by atoms with E-state index in [0.29, 0.717) is 5.56 Å². The highest BCUT2D eigenvalue weighted by Gasteiger charge is 2.21. The Kier molecular flexibility index (Phi) is 4.29. The summed E-state index contributed by atoms with van der Waals surface area (Å²) in [4.78, 5) is 15.5. The van der Waals surface area contributed by atoms with Crippen molar-refractivity contribution in [2.45, 2.75) is 25.7 Å². The van der Waals surface area contributed by atoms with Gasteiger partial charge in [-0.2, -0.15) is 0 Å². The molecule has 3 heteroatoms. The van der Waals surface area contributed by atoms with Crippen LogP contribution in [0.3, 0.4) is 0 Å². The van der Waals surface area contributed by atoms with Gasteiger partial charge in [0, 0.05) is 12.4 Å². The molecule has 1 aromatic heterocycles. The molecule has 98 valence electrons. The molecule has 0 saturated carbocycles. The van der Waals surface area contributed by atoms with Gasteiger partial charge in [-0.05, 0) is 29.2 Å². The van der Waals surface area contributed by atoms with Crippen molar-refractivity contribution < 1.29 is 9.90 Å². The highest BCUT2D eigenvalue weighted by Crippen LogP contribution is 2.24. The summed E-state index contributed by atoms with van der Waals surface area (Å²) in [6.07, 6.45) is 5.36. The second kappa shape index (κ2) is 6.14. The number of hydrogen-bond donors (Lipinski definition) is 1. The quantitative estimate of drug-likeness (QED) is 0.892. The Hall–Kier alpha value is -2.16. The number of hydrogen-bond acceptors (Lipinski definition) is 2. The molecule has 0 fully saturated rings. The van der Waals surface area contributed by atoms with E-state index in [1.165, 1.54) is 5.56 Å². The van der Waals surface area contributed by atoms with Crippen LogP contribution in [0.2, 0.25) is 0 Å². The highest BCUT2D eigenvalue weighted by atomic mass is 16.4. The van der Waals surface area contributed by atoms with Crippen LogP contribution in [-0.4, -0.2) is 16.1 Å². The smallest absolute Gasteiger partial charge is 0.315 e. The second-order valence-corrected chi connectivity index (χ2v) is 4.55. The van der Waals surface area contributed by atoms with E-state index in [1.54, 1.807) is 24.5 Å². The number of carbonyl (C=O) groups is 1. The highest BCUT2D eigenvalue weighted by molar-refractivity contribution is 5.80. The summed E-state index contributed by atoms with van der Waals surface area (Å²) >= 11 is 0. The number of aliphatic carboxylic acids is 1. The van der Waals surface area contributed by atoms with Crippen LogP contribution in [0.15, 0.2) is 48.8 Å². The van der Waals surface area contributed by atoms with Crippen molar-refractivity contribution in [3.8, 4) is 0 Å². The van der Waals surface area contributed by atoms with Crippen LogP contribution in [0.1, 0.15) is 36.0 Å². The van der Waals surface area contributed by atoms with Crippen molar-refractivity contribution in [2.75, 3.05) is 0 Å². The van der Waals surface area contributed by atoms with E-state index in [0.717, 1.165) is 18.4 Å². The molecule has 2 aromatic rings. The molecule has 0 bridgehead atoms. The number of aromatic nitrogens is 1. The largest absolute Gasteiger partial charge is 0.481 e. The number of carboxylic acid groups (broad SMARTS) is 1. The Labute approximate surface area is 112 Å². The molecule has 0 saturated heterocycles. The Bertz CT molecular complexity index is 534. The van der Waals surface area contributed by atoms with Crippen molar-refractivity contribution >= 4 is 5.97 Å². The number of benzene rings is 1. The third-order valence-electron chi connectivity index (χ3n) is 3.12. The third kappa shape index (κ3) is 3.19. The molecule has 2 rings (SSSR count). The zero-order valence-corrected chi connectivity index (χ0v) is 10.9. The lowest BCUT2D eigenvalue weighted by Gasteiger charge is -2.13. The predicted octanol–water partition coefficient (Wildman–Crippen LogP) is 3.25. The minimum atomic E-state index is -0.851. The lowest BCUT2D eigenvalue weighted by molar-refractivity contribution is -0.137. The average molecular weight is 255 g/mol. The van der Waals surface area contributed by atoms with Crippen molar-refractivity contribution in [1.29, 1.82) is 0 Å². The zero-order valence-electron chi connectivity index (χ0n) is 10.9. The molecule has 1 atom stereocenters. The van der Waals surface area contributed by atoms with Gasteiger partial charge in [0.05, 0.1) is 0 Å². The van der Waals surface area contributed by atoms with Gasteiger partial charge in [0.2, 0.25) is 0 Å². The van der Waals surface area contributed by atoms with Crippen molar-refractivity contribution in [3.63, 3.8) is 0 Å². The maximum atomic E-state index is 11.5. The van der Waals surface area contributed by atoms with Crippen LogP contribution in [0, 0.1) is 0 Å². The molecule has 0 spiro atoms. The maximum Gasteiger partial charge on any atom is 0.315 e. The molecule has 0 radical (unpaired) electrons. The minimum absolute atomic E-state index is 0.649. The van der Waals surface area contributed by atoms with Gasteiger partial charge in [-0.1, -0.05) is 43.7 Å². The van der Waals surface area contributed by atoms with Gasteiger partial charge < -0.3 is 5.11 Å². The fraction of sp³-hybridized carbons (Fsp3) is 0.250. The van der Waals surface area contributed by atoms with Gasteiger partial charge in [0.25, 0.3) is 0 Å². The van der Waals surface area contributed by atoms with Crippen molar-refractivity contribution in [2.24, 2.45) is 0 Å². The summed E-state index contributed by atoms with van der Waals surface area (Å²) in [6, 6.07) is 11.4. The maximum absolute atomic E-state index is 11.5. The topological polar surface area (TPSA) is 50.2 Å². The van der Waals surface area contributed by atoms with Gasteiger partial charge in [-0.25, -0.2) is 0 Å². The molecular formula is C16H17NO2. The lowest BCUT2D eigenvalue weighted by Crippen LogP contribution is -2.13. The van der Waals surface area contributed by atoms with Crippen LogP contribution in [0.5, 0.6) is 0 Å². The fourth-order valence-corrected chi connectivity index (χ4v) is 2.19. The van der Waals surface area contributed by atoms with E-state index in [1.807, 2.05) is 24.3 Å². The molecule has 1 N–H and O–H groups in total. The molecule has 19 heavy (non-hydrogen) atoms. The summed E-state index contributed by atoms with van der Waals surface area (Å²) < 4.78 is 0. The molecule has 0 aliphatic rings. The van der Waals surface area contributed by atoms with Crippen LogP contribution in [-0.2, 0) is 11.2 Å². The molecule has 0 aliphatic carbocycles. The molecule has 1 unspecified atom stereocenters. The summed E-state index contributed by atoms with van der Waals surface area (Å²) in [5.74, 6) is -1.50. The average Bonchev–Trinajstić information content (AvgIpc) is 2.42. The Balaban J connectivity index is 2.32. The minimum Gasteiger partial charge on any atom is -0.481 e. The SMILES string of the molecule is CCCc1ccc(C(C(=O)O)c2cccnc2)cc1. The van der Waals surface area contributed by atoms with Crippen molar-refractivity contribution in [1.82, 2.24) is 4.98 Å². The molecular weight excluding hydrogens is 238 g/mol. The Morgan fingerprint density at radius 3 is 2.47 bits per heavy atom. The van der Waals surface area contributed by atoms with Gasteiger partial charge in [0.1, 0.15) is 5.92 Å². The van der Waals surface area contributed by atoms with Gasteiger partial charge in [-0.3, -0.25) is 9.78 Å². The molecule has 1 heterocycles. The molecule has 3 nitrogen and oxygen atoms in total. The van der Waals surface area contributed by atoms with E-state index in [4.69, 9.17) is 0 Å². The number of carboxylic acids is 1. The monoisotopic (exact) mass is 255 g/mol. The molecule has 1 aromatic carbocycles. The predicted molar refractivity (Wildman–Crippen MR) is 74.2 cm³/mol. The fourth-order valence-electron chi connectivity index (χ4n) is 2.19. The van der Waals surface area contributed by atoms with E-state index in [9.17, 15) is 9.90 Å². The van der Waals surface area contributed by atoms with Crippen LogP contribution in [0.4, 0.5) is 0 Å². The number of aryl methyl sites for hydroxylation is 1. The van der Waals surface area contributed by atoms with E-state index in [2.05, 4.69) is 11.9 Å². The first-order valence-electron chi connectivity index (χ1n) is 6.44. The molecule has 0 aliphatic heterocycles. The first-order chi connectivity index (χ1) is 9.22. The Morgan fingerprint density at radius 1 is 1.21 bits per heavy atom.